The fraction of sp³-hybridized carbons (Fsp3) is 0.519. The van der Waals surface area contributed by atoms with E-state index in [1.54, 1.807) is 6.20 Å². The maximum atomic E-state index is 11.9. The van der Waals surface area contributed by atoms with Crippen LogP contribution in [0.15, 0.2) is 34.9 Å². The molecule has 4 rings (SSSR count). The molecule has 2 aromatic rings. The van der Waals surface area contributed by atoms with E-state index in [-0.39, 0.29) is 29.9 Å². The van der Waals surface area contributed by atoms with Gasteiger partial charge in [-0.1, -0.05) is 11.6 Å². The Morgan fingerprint density at radius 1 is 1.21 bits per heavy atom. The van der Waals surface area contributed by atoms with Crippen LogP contribution in [0.5, 0.6) is 0 Å². The Balaban J connectivity index is 0.000000459. The first kappa shape index (κ1) is 30.5. The van der Waals surface area contributed by atoms with E-state index < -0.39 is 12.7 Å². The third kappa shape index (κ3) is 8.71. The highest BCUT2D eigenvalue weighted by atomic mass is 35.5. The predicted octanol–water partition coefficient (Wildman–Crippen LogP) is 4.10. The predicted molar refractivity (Wildman–Crippen MR) is 140 cm³/mol. The number of esters is 1. The van der Waals surface area contributed by atoms with Gasteiger partial charge in [0.05, 0.1) is 17.7 Å². The number of nitrogens with zero attached hydrogens (tertiary/aromatic N) is 3. The van der Waals surface area contributed by atoms with Gasteiger partial charge in [-0.05, 0) is 44.5 Å². The second-order valence-corrected chi connectivity index (χ2v) is 10.3. The number of carbonyl (C=O) groups is 2. The molecule has 0 bridgehead atoms. The lowest BCUT2D eigenvalue weighted by molar-refractivity contribution is -0.145. The number of amides is 1. The van der Waals surface area contributed by atoms with Crippen LogP contribution in [0.25, 0.3) is 11.3 Å². The van der Waals surface area contributed by atoms with Crippen molar-refractivity contribution in [2.24, 2.45) is 5.92 Å². The average molecular weight is 569 g/mol. The SMILES string of the molecule is C#CC[C@@H]1C[C@@H](CN2CCN(C(C)(C)c3ncc(-c4ccc(Cl)cc4)o3)CC2)OC1=O.O=CNCC(F)(F)F. The Kier molecular flexibility index (Phi) is 10.4. The van der Waals surface area contributed by atoms with Gasteiger partial charge >= 0.3 is 12.1 Å². The molecule has 1 aromatic carbocycles. The van der Waals surface area contributed by atoms with Crippen LogP contribution in [0.2, 0.25) is 5.02 Å². The first-order valence-electron chi connectivity index (χ1n) is 12.5. The molecule has 39 heavy (non-hydrogen) atoms. The van der Waals surface area contributed by atoms with E-state index >= 15 is 0 Å². The molecule has 2 saturated heterocycles. The molecule has 0 unspecified atom stereocenters. The monoisotopic (exact) mass is 568 g/mol. The lowest BCUT2D eigenvalue weighted by Crippen LogP contribution is -2.54. The number of alkyl halides is 3. The van der Waals surface area contributed by atoms with Crippen molar-refractivity contribution in [2.45, 2.75) is 44.5 Å². The third-order valence-corrected chi connectivity index (χ3v) is 6.95. The smallest absolute Gasteiger partial charge is 0.405 e. The first-order valence-corrected chi connectivity index (χ1v) is 12.9. The highest BCUT2D eigenvalue weighted by Crippen LogP contribution is 2.32. The number of benzene rings is 1. The Morgan fingerprint density at radius 2 is 1.87 bits per heavy atom. The molecule has 12 heteroatoms. The van der Waals surface area contributed by atoms with E-state index in [9.17, 15) is 22.8 Å². The second kappa shape index (κ2) is 13.3. The van der Waals surface area contributed by atoms with Gasteiger partial charge in [0, 0.05) is 49.7 Å². The number of hydrogen-bond donors (Lipinski definition) is 1. The molecule has 0 radical (unpaired) electrons. The summed E-state index contributed by atoms with van der Waals surface area (Å²) >= 11 is 5.98. The zero-order chi connectivity index (χ0) is 28.6. The quantitative estimate of drug-likeness (QED) is 0.291. The molecule has 1 N–H and O–H groups in total. The van der Waals surface area contributed by atoms with Crippen LogP contribution in [0.1, 0.15) is 32.6 Å². The second-order valence-electron chi connectivity index (χ2n) is 9.90. The zero-order valence-corrected chi connectivity index (χ0v) is 22.6. The normalized spacial score (nSPS) is 20.5. The van der Waals surface area contributed by atoms with Crippen LogP contribution in [-0.4, -0.2) is 78.7 Å². The number of terminal acetylenes is 1. The van der Waals surface area contributed by atoms with Crippen LogP contribution in [-0.2, 0) is 19.9 Å². The molecule has 3 heterocycles. The summed E-state index contributed by atoms with van der Waals surface area (Å²) in [5.41, 5.74) is 0.632. The summed E-state index contributed by atoms with van der Waals surface area (Å²) in [7, 11) is 0. The third-order valence-electron chi connectivity index (χ3n) is 6.70. The fourth-order valence-corrected chi connectivity index (χ4v) is 4.64. The number of ether oxygens (including phenoxy) is 1. The van der Waals surface area contributed by atoms with E-state index in [1.165, 1.54) is 5.32 Å². The topological polar surface area (TPSA) is 87.9 Å². The Labute approximate surface area is 230 Å². The highest BCUT2D eigenvalue weighted by molar-refractivity contribution is 6.30. The molecular weight excluding hydrogens is 537 g/mol. The van der Waals surface area contributed by atoms with E-state index in [1.807, 2.05) is 24.3 Å². The van der Waals surface area contributed by atoms with Gasteiger partial charge in [-0.15, -0.1) is 12.3 Å². The van der Waals surface area contributed by atoms with Gasteiger partial charge in [-0.2, -0.15) is 13.2 Å². The highest BCUT2D eigenvalue weighted by Gasteiger charge is 2.38. The van der Waals surface area contributed by atoms with Crippen LogP contribution in [0, 0.1) is 18.3 Å². The number of halogens is 4. The summed E-state index contributed by atoms with van der Waals surface area (Å²) < 4.78 is 44.7. The fourth-order valence-electron chi connectivity index (χ4n) is 4.52. The van der Waals surface area contributed by atoms with E-state index in [0.717, 1.165) is 50.5 Å². The lowest BCUT2D eigenvalue weighted by Gasteiger charge is -2.42. The molecule has 2 aliphatic heterocycles. The summed E-state index contributed by atoms with van der Waals surface area (Å²) in [4.78, 5) is 30.5. The maximum Gasteiger partial charge on any atom is 0.405 e. The molecule has 2 atom stereocenters. The molecular formula is C27H32ClF3N4O4. The Hall–Kier alpha value is -3.07. The summed E-state index contributed by atoms with van der Waals surface area (Å²) in [6, 6.07) is 7.56. The van der Waals surface area contributed by atoms with Gasteiger partial charge < -0.3 is 14.5 Å². The summed E-state index contributed by atoms with van der Waals surface area (Å²) in [5, 5.41) is 2.18. The number of cyclic esters (lactones) is 1. The van der Waals surface area contributed by atoms with Gasteiger partial charge in [0.2, 0.25) is 12.3 Å². The molecule has 1 aromatic heterocycles. The standard InChI is InChI=1S/C24H28ClN3O3.C3H4F3NO/c1-4-5-18-14-20(30-22(18)29)16-27-10-12-28(13-11-27)24(2,3)23-26-15-21(31-23)17-6-8-19(25)9-7-17;4-3(5,6)1-7-2-8/h1,6-9,15,18,20H,5,10-14,16H2,2-3H3;2H,1H2,(H,7,8)/t18-,20+;/m1./s1. The lowest BCUT2D eigenvalue weighted by atomic mass is 10.0. The number of rotatable bonds is 8. The summed E-state index contributed by atoms with van der Waals surface area (Å²) in [6.45, 7) is 7.38. The van der Waals surface area contributed by atoms with E-state index in [4.69, 9.17) is 27.2 Å². The van der Waals surface area contributed by atoms with Crippen molar-refractivity contribution in [3.05, 3.63) is 41.4 Å². The largest absolute Gasteiger partial charge is 0.461 e. The molecule has 0 aliphatic carbocycles. The minimum absolute atomic E-state index is 0.00743. The van der Waals surface area contributed by atoms with Gasteiger partial charge in [0.25, 0.3) is 0 Å². The van der Waals surface area contributed by atoms with Crippen LogP contribution in [0.4, 0.5) is 13.2 Å². The van der Waals surface area contributed by atoms with Crippen molar-refractivity contribution in [2.75, 3.05) is 39.3 Å². The van der Waals surface area contributed by atoms with Gasteiger partial charge in [-0.3, -0.25) is 19.4 Å². The minimum Gasteiger partial charge on any atom is -0.461 e. The van der Waals surface area contributed by atoms with Crippen molar-refractivity contribution in [3.63, 3.8) is 0 Å². The van der Waals surface area contributed by atoms with E-state index in [0.29, 0.717) is 17.3 Å². The Bertz CT molecular complexity index is 1140. The number of hydrogen-bond acceptors (Lipinski definition) is 7. The molecule has 0 spiro atoms. The van der Waals surface area contributed by atoms with Crippen LogP contribution < -0.4 is 5.32 Å². The number of piperazine rings is 1. The first-order chi connectivity index (χ1) is 18.4. The van der Waals surface area contributed by atoms with Crippen molar-refractivity contribution >= 4 is 24.0 Å². The summed E-state index contributed by atoms with van der Waals surface area (Å²) in [6.07, 6.45) is 3.97. The van der Waals surface area contributed by atoms with Gasteiger partial charge in [0.1, 0.15) is 12.6 Å². The van der Waals surface area contributed by atoms with Crippen LogP contribution in [0.3, 0.4) is 0 Å². The number of aromatic nitrogens is 1. The van der Waals surface area contributed by atoms with Crippen LogP contribution >= 0.6 is 11.6 Å². The Morgan fingerprint density at radius 3 is 2.44 bits per heavy atom. The number of oxazole rings is 1. The summed E-state index contributed by atoms with van der Waals surface area (Å²) in [5.74, 6) is 3.72. The van der Waals surface area contributed by atoms with E-state index in [2.05, 4.69) is 34.6 Å². The average Bonchev–Trinajstić information content (AvgIpc) is 3.51. The number of nitrogens with one attached hydrogen (secondary N) is 1. The van der Waals surface area contributed by atoms with Gasteiger partial charge in [0.15, 0.2) is 5.76 Å². The number of carbonyl (C=O) groups excluding carboxylic acids is 2. The van der Waals surface area contributed by atoms with Crippen molar-refractivity contribution < 1.29 is 31.9 Å². The molecule has 1 amide bonds. The molecule has 212 valence electrons. The van der Waals surface area contributed by atoms with Crippen molar-refractivity contribution in [1.82, 2.24) is 20.1 Å². The molecule has 0 saturated carbocycles. The maximum absolute atomic E-state index is 11.9. The molecule has 2 fully saturated rings. The van der Waals surface area contributed by atoms with Gasteiger partial charge in [-0.25, -0.2) is 4.98 Å². The molecule has 8 nitrogen and oxygen atoms in total. The van der Waals surface area contributed by atoms with Crippen molar-refractivity contribution in [3.8, 4) is 23.7 Å². The van der Waals surface area contributed by atoms with Crippen molar-refractivity contribution in [1.29, 1.82) is 0 Å². The molecule has 2 aliphatic rings. The zero-order valence-electron chi connectivity index (χ0n) is 21.8. The minimum atomic E-state index is -4.29.